The summed E-state index contributed by atoms with van der Waals surface area (Å²) in [5, 5.41) is 0. The van der Waals surface area contributed by atoms with Gasteiger partial charge in [0, 0.05) is 25.5 Å². The Labute approximate surface area is 85.5 Å². The molecule has 0 aliphatic carbocycles. The van der Waals surface area contributed by atoms with Gasteiger partial charge in [0.1, 0.15) is 5.65 Å². The number of pyridine rings is 1. The summed E-state index contributed by atoms with van der Waals surface area (Å²) in [5.41, 5.74) is 0.681. The summed E-state index contributed by atoms with van der Waals surface area (Å²) < 4.78 is 7.78. The summed E-state index contributed by atoms with van der Waals surface area (Å²) in [6.07, 6.45) is 3.40. The van der Waals surface area contributed by atoms with Crippen molar-refractivity contribution < 1.29 is 9.53 Å². The molecule has 0 spiro atoms. The minimum Gasteiger partial charge on any atom is -0.465 e. The normalized spacial score (nSPS) is 10.5. The zero-order valence-electron chi connectivity index (χ0n) is 8.43. The van der Waals surface area contributed by atoms with Gasteiger partial charge in [0.15, 0.2) is 0 Å². The second-order valence-corrected chi connectivity index (χ2v) is 3.21. The zero-order valence-corrected chi connectivity index (χ0v) is 8.43. The fourth-order valence-corrected chi connectivity index (χ4v) is 1.47. The largest absolute Gasteiger partial charge is 0.465 e. The van der Waals surface area contributed by atoms with Crippen LogP contribution in [0, 0.1) is 0 Å². The fourth-order valence-electron chi connectivity index (χ4n) is 1.47. The van der Waals surface area contributed by atoms with Gasteiger partial charge in [-0.15, -0.1) is 0 Å². The summed E-state index contributed by atoms with van der Waals surface area (Å²) in [7, 11) is 3.09. The number of methoxy groups -OCH3 is 1. The number of aromatic nitrogens is 2. The van der Waals surface area contributed by atoms with Gasteiger partial charge in [0.05, 0.1) is 12.7 Å². The quantitative estimate of drug-likeness (QED) is 0.635. The molecule has 2 rings (SSSR count). The average Bonchev–Trinajstić information content (AvgIpc) is 2.60. The first-order chi connectivity index (χ1) is 7.13. The Hall–Kier alpha value is -2.04. The molecule has 0 amide bonds. The van der Waals surface area contributed by atoms with Crippen LogP contribution in [0.15, 0.2) is 29.3 Å². The molecular weight excluding hydrogens is 196 g/mol. The Morgan fingerprint density at radius 2 is 2.07 bits per heavy atom. The van der Waals surface area contributed by atoms with Crippen molar-refractivity contribution in [2.24, 2.45) is 7.05 Å². The van der Waals surface area contributed by atoms with E-state index < -0.39 is 5.97 Å². The lowest BCUT2D eigenvalue weighted by molar-refractivity contribution is 0.0600. The second-order valence-electron chi connectivity index (χ2n) is 3.21. The fraction of sp³-hybridized carbons (Fsp3) is 0.200. The number of esters is 1. The number of carbonyl (C=O) groups is 1. The lowest BCUT2D eigenvalue weighted by Crippen LogP contribution is -2.15. The van der Waals surface area contributed by atoms with Crippen molar-refractivity contribution in [3.63, 3.8) is 0 Å². The van der Waals surface area contributed by atoms with Crippen LogP contribution in [0.2, 0.25) is 0 Å². The van der Waals surface area contributed by atoms with E-state index in [4.69, 9.17) is 0 Å². The van der Waals surface area contributed by atoms with Gasteiger partial charge in [-0.2, -0.15) is 0 Å². The molecule has 0 atom stereocenters. The Morgan fingerprint density at radius 3 is 2.73 bits per heavy atom. The first kappa shape index (κ1) is 9.51. The average molecular weight is 206 g/mol. The maximum absolute atomic E-state index is 11.6. The predicted octanol–water partition coefficient (Wildman–Crippen LogP) is 0.425. The number of hydrogen-bond donors (Lipinski definition) is 0. The molecule has 0 radical (unpaired) electrons. The van der Waals surface area contributed by atoms with Gasteiger partial charge in [-0.25, -0.2) is 4.79 Å². The molecule has 5 heteroatoms. The van der Waals surface area contributed by atoms with Crippen LogP contribution in [0.25, 0.3) is 5.65 Å². The van der Waals surface area contributed by atoms with Crippen LogP contribution in [-0.4, -0.2) is 22.0 Å². The molecule has 0 fully saturated rings. The lowest BCUT2D eigenvalue weighted by atomic mass is 10.2. The van der Waals surface area contributed by atoms with E-state index in [1.54, 1.807) is 30.1 Å². The third kappa shape index (κ3) is 1.41. The van der Waals surface area contributed by atoms with Gasteiger partial charge in [0.25, 0.3) is 5.56 Å². The number of imidazole rings is 1. The third-order valence-electron chi connectivity index (χ3n) is 2.27. The summed E-state index contributed by atoms with van der Waals surface area (Å²) in [6.45, 7) is 0. The molecule has 78 valence electrons. The van der Waals surface area contributed by atoms with E-state index in [1.807, 2.05) is 0 Å². The molecular formula is C10H10N2O3. The Kier molecular flexibility index (Phi) is 2.07. The first-order valence-corrected chi connectivity index (χ1v) is 4.39. The number of carbonyl (C=O) groups excluding carboxylic acids is 1. The zero-order chi connectivity index (χ0) is 11.0. The number of nitrogens with zero attached hydrogens (tertiary/aromatic N) is 2. The Morgan fingerprint density at radius 1 is 1.33 bits per heavy atom. The van der Waals surface area contributed by atoms with E-state index in [0.717, 1.165) is 0 Å². The van der Waals surface area contributed by atoms with E-state index in [-0.39, 0.29) is 11.1 Å². The highest BCUT2D eigenvalue weighted by Crippen LogP contribution is 2.05. The molecule has 0 saturated carbocycles. The maximum Gasteiger partial charge on any atom is 0.338 e. The van der Waals surface area contributed by atoms with E-state index in [0.29, 0.717) is 5.65 Å². The minimum atomic E-state index is -0.504. The van der Waals surface area contributed by atoms with Gasteiger partial charge < -0.3 is 9.30 Å². The molecule has 0 aliphatic heterocycles. The molecule has 0 unspecified atom stereocenters. The van der Waals surface area contributed by atoms with Crippen molar-refractivity contribution in [2.75, 3.05) is 7.11 Å². The molecule has 15 heavy (non-hydrogen) atoms. The second kappa shape index (κ2) is 3.27. The van der Waals surface area contributed by atoms with Crippen molar-refractivity contribution in [3.05, 3.63) is 40.4 Å². The molecule has 0 bridgehead atoms. The SMILES string of the molecule is COC(=O)c1cc(=O)n2ccn(C)c2c1. The van der Waals surface area contributed by atoms with Gasteiger partial charge >= 0.3 is 5.97 Å². The topological polar surface area (TPSA) is 52.7 Å². The van der Waals surface area contributed by atoms with Crippen molar-refractivity contribution in [3.8, 4) is 0 Å². The van der Waals surface area contributed by atoms with Crippen LogP contribution in [0.1, 0.15) is 10.4 Å². The maximum atomic E-state index is 11.6. The molecule has 0 aromatic carbocycles. The van der Waals surface area contributed by atoms with Crippen LogP contribution >= 0.6 is 0 Å². The third-order valence-corrected chi connectivity index (χ3v) is 2.27. The van der Waals surface area contributed by atoms with Crippen molar-refractivity contribution in [2.45, 2.75) is 0 Å². The number of rotatable bonds is 1. The monoisotopic (exact) mass is 206 g/mol. The van der Waals surface area contributed by atoms with Crippen molar-refractivity contribution in [1.29, 1.82) is 0 Å². The molecule has 2 aromatic heterocycles. The van der Waals surface area contributed by atoms with E-state index in [1.165, 1.54) is 17.6 Å². The molecule has 5 nitrogen and oxygen atoms in total. The molecule has 0 N–H and O–H groups in total. The van der Waals surface area contributed by atoms with E-state index in [9.17, 15) is 9.59 Å². The molecule has 2 heterocycles. The standard InChI is InChI=1S/C10H10N2O3/c1-11-3-4-12-8(11)5-7(6-9(12)13)10(14)15-2/h3-6H,1-2H3. The number of aryl methyl sites for hydroxylation is 1. The van der Waals surface area contributed by atoms with Crippen molar-refractivity contribution >= 4 is 11.6 Å². The predicted molar refractivity (Wildman–Crippen MR) is 54.0 cm³/mol. The summed E-state index contributed by atoms with van der Waals surface area (Å²) >= 11 is 0. The number of ether oxygens (including phenoxy) is 1. The van der Waals surface area contributed by atoms with Crippen LogP contribution < -0.4 is 5.56 Å². The van der Waals surface area contributed by atoms with Crippen LogP contribution in [0.3, 0.4) is 0 Å². The Bertz CT molecular complexity index is 580. The highest BCUT2D eigenvalue weighted by atomic mass is 16.5. The van der Waals surface area contributed by atoms with Gasteiger partial charge in [0.2, 0.25) is 0 Å². The summed E-state index contributed by atoms with van der Waals surface area (Å²) in [5.74, 6) is -0.504. The van der Waals surface area contributed by atoms with Crippen LogP contribution in [0.5, 0.6) is 0 Å². The van der Waals surface area contributed by atoms with Crippen LogP contribution in [-0.2, 0) is 11.8 Å². The minimum absolute atomic E-state index is 0.242. The lowest BCUT2D eigenvalue weighted by Gasteiger charge is -2.01. The van der Waals surface area contributed by atoms with Crippen LogP contribution in [0.4, 0.5) is 0 Å². The van der Waals surface area contributed by atoms with E-state index in [2.05, 4.69) is 4.74 Å². The Balaban J connectivity index is 2.76. The molecule has 0 saturated heterocycles. The van der Waals surface area contributed by atoms with Gasteiger partial charge in [-0.3, -0.25) is 9.20 Å². The summed E-state index contributed by atoms with van der Waals surface area (Å²) in [4.78, 5) is 22.8. The smallest absolute Gasteiger partial charge is 0.338 e. The first-order valence-electron chi connectivity index (χ1n) is 4.39. The molecule has 0 aliphatic rings. The van der Waals surface area contributed by atoms with Gasteiger partial charge in [-0.05, 0) is 6.07 Å². The highest BCUT2D eigenvalue weighted by molar-refractivity contribution is 5.90. The highest BCUT2D eigenvalue weighted by Gasteiger charge is 2.09. The number of fused-ring (bicyclic) bond motifs is 1. The number of hydrogen-bond acceptors (Lipinski definition) is 3. The van der Waals surface area contributed by atoms with Gasteiger partial charge in [-0.1, -0.05) is 0 Å². The molecule has 2 aromatic rings. The van der Waals surface area contributed by atoms with E-state index >= 15 is 0 Å². The van der Waals surface area contributed by atoms with Crippen molar-refractivity contribution in [1.82, 2.24) is 8.97 Å². The summed E-state index contributed by atoms with van der Waals surface area (Å²) in [6, 6.07) is 2.88.